The van der Waals surface area contributed by atoms with Crippen LogP contribution < -0.4 is 5.32 Å². The SMILES string of the molecule is COCc1nnc(NC(=O)CN2CCC[C@@H](c3nc4ccccc4[nH]3)C2)s1. The second-order valence-corrected chi connectivity index (χ2v) is 7.76. The summed E-state index contributed by atoms with van der Waals surface area (Å²) in [6.07, 6.45) is 2.13. The number of fused-ring (bicyclic) bond motifs is 1. The van der Waals surface area contributed by atoms with E-state index in [1.807, 2.05) is 24.3 Å². The van der Waals surface area contributed by atoms with Crippen molar-refractivity contribution in [2.24, 2.45) is 0 Å². The van der Waals surface area contributed by atoms with Gasteiger partial charge in [0.05, 0.1) is 17.6 Å². The Hall–Kier alpha value is -2.36. The van der Waals surface area contributed by atoms with Gasteiger partial charge in [0.1, 0.15) is 17.4 Å². The Morgan fingerprint density at radius 1 is 1.41 bits per heavy atom. The van der Waals surface area contributed by atoms with Gasteiger partial charge in [0.2, 0.25) is 11.0 Å². The molecular formula is C18H22N6O2S. The summed E-state index contributed by atoms with van der Waals surface area (Å²) in [5.74, 6) is 1.25. The topological polar surface area (TPSA) is 96.0 Å². The number of benzene rings is 1. The van der Waals surface area contributed by atoms with E-state index in [1.54, 1.807) is 7.11 Å². The highest BCUT2D eigenvalue weighted by atomic mass is 32.1. The number of imidazole rings is 1. The van der Waals surface area contributed by atoms with Crippen LogP contribution in [0.2, 0.25) is 0 Å². The van der Waals surface area contributed by atoms with Crippen LogP contribution in [0.3, 0.4) is 0 Å². The Kier molecular flexibility index (Phi) is 5.42. The van der Waals surface area contributed by atoms with Crippen LogP contribution >= 0.6 is 11.3 Å². The number of aromatic nitrogens is 4. The van der Waals surface area contributed by atoms with Gasteiger partial charge in [-0.2, -0.15) is 0 Å². The standard InChI is InChI=1S/C18H22N6O2S/c1-26-11-16-22-23-18(27-16)21-15(25)10-24-8-4-5-12(9-24)17-19-13-6-2-3-7-14(13)20-17/h2-3,6-7,12H,4-5,8-11H2,1H3,(H,19,20)(H,21,23,25)/t12-/m1/s1. The Bertz CT molecular complexity index is 890. The normalized spacial score (nSPS) is 18.0. The Morgan fingerprint density at radius 3 is 3.15 bits per heavy atom. The third-order valence-electron chi connectivity index (χ3n) is 4.65. The first-order valence-corrected chi connectivity index (χ1v) is 9.81. The summed E-state index contributed by atoms with van der Waals surface area (Å²) in [5.41, 5.74) is 2.05. The fraction of sp³-hybridized carbons (Fsp3) is 0.444. The number of nitrogens with one attached hydrogen (secondary N) is 2. The number of carbonyl (C=O) groups excluding carboxylic acids is 1. The molecule has 0 radical (unpaired) electrons. The Labute approximate surface area is 161 Å². The fourth-order valence-electron chi connectivity index (χ4n) is 3.44. The Morgan fingerprint density at radius 2 is 2.30 bits per heavy atom. The van der Waals surface area contributed by atoms with E-state index in [1.165, 1.54) is 11.3 Å². The molecule has 1 atom stereocenters. The van der Waals surface area contributed by atoms with Gasteiger partial charge in [0, 0.05) is 19.6 Å². The number of anilines is 1. The van der Waals surface area contributed by atoms with Gasteiger partial charge in [-0.1, -0.05) is 23.5 Å². The summed E-state index contributed by atoms with van der Waals surface area (Å²) >= 11 is 1.33. The first-order chi connectivity index (χ1) is 13.2. The lowest BCUT2D eigenvalue weighted by atomic mass is 9.97. The molecule has 2 aromatic heterocycles. The van der Waals surface area contributed by atoms with Crippen LogP contribution in [0.5, 0.6) is 0 Å². The number of amides is 1. The molecule has 1 aliphatic rings. The van der Waals surface area contributed by atoms with Crippen molar-refractivity contribution in [3.8, 4) is 0 Å². The molecule has 3 aromatic rings. The minimum Gasteiger partial charge on any atom is -0.377 e. The number of nitrogens with zero attached hydrogens (tertiary/aromatic N) is 4. The second-order valence-electron chi connectivity index (χ2n) is 6.70. The van der Waals surface area contributed by atoms with Gasteiger partial charge in [-0.05, 0) is 31.5 Å². The maximum absolute atomic E-state index is 12.4. The highest BCUT2D eigenvalue weighted by Crippen LogP contribution is 2.26. The van der Waals surface area contributed by atoms with Gasteiger partial charge in [-0.3, -0.25) is 15.0 Å². The molecule has 1 aromatic carbocycles. The molecule has 1 fully saturated rings. The number of rotatable bonds is 6. The largest absolute Gasteiger partial charge is 0.377 e. The average Bonchev–Trinajstić information content (AvgIpc) is 3.29. The number of aromatic amines is 1. The van der Waals surface area contributed by atoms with Crippen molar-refractivity contribution in [3.05, 3.63) is 35.1 Å². The van der Waals surface area contributed by atoms with E-state index in [0.29, 0.717) is 24.2 Å². The molecule has 9 heteroatoms. The summed E-state index contributed by atoms with van der Waals surface area (Å²) in [6.45, 7) is 2.47. The molecule has 4 rings (SSSR count). The summed E-state index contributed by atoms with van der Waals surface area (Å²) in [4.78, 5) is 22.7. The van der Waals surface area contributed by atoms with Crippen molar-refractivity contribution < 1.29 is 9.53 Å². The van der Waals surface area contributed by atoms with Crippen molar-refractivity contribution in [1.82, 2.24) is 25.1 Å². The quantitative estimate of drug-likeness (QED) is 0.675. The van der Waals surface area contributed by atoms with E-state index in [9.17, 15) is 4.79 Å². The fourth-order valence-corrected chi connectivity index (χ4v) is 4.16. The summed E-state index contributed by atoms with van der Waals surface area (Å²) < 4.78 is 5.02. The Balaban J connectivity index is 1.35. The number of H-pyrrole nitrogens is 1. The van der Waals surface area contributed by atoms with Crippen molar-refractivity contribution in [2.45, 2.75) is 25.4 Å². The molecule has 0 spiro atoms. The smallest absolute Gasteiger partial charge is 0.240 e. The van der Waals surface area contributed by atoms with E-state index in [0.717, 1.165) is 47.8 Å². The van der Waals surface area contributed by atoms with Gasteiger partial charge in [-0.15, -0.1) is 10.2 Å². The summed E-state index contributed by atoms with van der Waals surface area (Å²) in [6, 6.07) is 8.06. The molecule has 0 saturated carbocycles. The molecule has 2 N–H and O–H groups in total. The number of ether oxygens (including phenoxy) is 1. The maximum Gasteiger partial charge on any atom is 0.240 e. The van der Waals surface area contributed by atoms with E-state index < -0.39 is 0 Å². The first kappa shape index (κ1) is 18.0. The monoisotopic (exact) mass is 386 g/mol. The summed E-state index contributed by atoms with van der Waals surface area (Å²) in [5, 5.41) is 12.0. The first-order valence-electron chi connectivity index (χ1n) is 8.99. The number of hydrogen-bond acceptors (Lipinski definition) is 7. The molecule has 0 aliphatic carbocycles. The van der Waals surface area contributed by atoms with Gasteiger partial charge >= 0.3 is 0 Å². The highest BCUT2D eigenvalue weighted by Gasteiger charge is 2.25. The molecule has 1 saturated heterocycles. The molecular weight excluding hydrogens is 364 g/mol. The lowest BCUT2D eigenvalue weighted by Crippen LogP contribution is -2.40. The number of hydrogen-bond donors (Lipinski definition) is 2. The molecule has 27 heavy (non-hydrogen) atoms. The number of carbonyl (C=O) groups is 1. The zero-order valence-electron chi connectivity index (χ0n) is 15.1. The third-order valence-corrected chi connectivity index (χ3v) is 5.46. The molecule has 1 aliphatic heterocycles. The average molecular weight is 386 g/mol. The van der Waals surface area contributed by atoms with Crippen LogP contribution in [0, 0.1) is 0 Å². The molecule has 8 nitrogen and oxygen atoms in total. The lowest BCUT2D eigenvalue weighted by molar-refractivity contribution is -0.117. The number of para-hydroxylation sites is 2. The van der Waals surface area contributed by atoms with Crippen LogP contribution in [-0.4, -0.2) is 57.7 Å². The maximum atomic E-state index is 12.4. The van der Waals surface area contributed by atoms with Crippen LogP contribution in [-0.2, 0) is 16.1 Å². The third kappa shape index (κ3) is 4.32. The van der Waals surface area contributed by atoms with E-state index in [2.05, 4.69) is 25.4 Å². The molecule has 1 amide bonds. The predicted octanol–water partition coefficient (Wildman–Crippen LogP) is 2.38. The molecule has 3 heterocycles. The van der Waals surface area contributed by atoms with Gasteiger partial charge in [-0.25, -0.2) is 4.98 Å². The minimum absolute atomic E-state index is 0.0691. The van der Waals surface area contributed by atoms with E-state index in [4.69, 9.17) is 9.72 Å². The molecule has 0 unspecified atom stereocenters. The zero-order chi connectivity index (χ0) is 18.6. The number of piperidine rings is 1. The lowest BCUT2D eigenvalue weighted by Gasteiger charge is -2.31. The highest BCUT2D eigenvalue weighted by molar-refractivity contribution is 7.15. The van der Waals surface area contributed by atoms with Crippen molar-refractivity contribution in [2.75, 3.05) is 32.1 Å². The van der Waals surface area contributed by atoms with Crippen LogP contribution in [0.1, 0.15) is 29.6 Å². The van der Waals surface area contributed by atoms with Crippen molar-refractivity contribution in [3.63, 3.8) is 0 Å². The molecule has 142 valence electrons. The second kappa shape index (κ2) is 8.12. The minimum atomic E-state index is -0.0691. The van der Waals surface area contributed by atoms with E-state index in [-0.39, 0.29) is 5.91 Å². The van der Waals surface area contributed by atoms with E-state index >= 15 is 0 Å². The zero-order valence-corrected chi connectivity index (χ0v) is 16.0. The van der Waals surface area contributed by atoms with Crippen LogP contribution in [0.25, 0.3) is 11.0 Å². The van der Waals surface area contributed by atoms with Gasteiger partial charge in [0.15, 0.2) is 0 Å². The van der Waals surface area contributed by atoms with Gasteiger partial charge < -0.3 is 9.72 Å². The number of methoxy groups -OCH3 is 1. The molecule has 0 bridgehead atoms. The van der Waals surface area contributed by atoms with Crippen LogP contribution in [0.15, 0.2) is 24.3 Å². The summed E-state index contributed by atoms with van der Waals surface area (Å²) in [7, 11) is 1.61. The number of likely N-dealkylation sites (tertiary alicyclic amines) is 1. The van der Waals surface area contributed by atoms with Gasteiger partial charge in [0.25, 0.3) is 0 Å². The van der Waals surface area contributed by atoms with Crippen LogP contribution in [0.4, 0.5) is 5.13 Å². The van der Waals surface area contributed by atoms with Crippen molar-refractivity contribution in [1.29, 1.82) is 0 Å². The van der Waals surface area contributed by atoms with Crippen molar-refractivity contribution >= 4 is 33.4 Å². The predicted molar refractivity (Wildman–Crippen MR) is 104 cm³/mol.